The number of nitrogens with one attached hydrogen (secondary N) is 3. The van der Waals surface area contributed by atoms with Crippen LogP contribution in [0, 0.1) is 41.4 Å². The first-order chi connectivity index (χ1) is 50.7. The van der Waals surface area contributed by atoms with E-state index in [1.54, 1.807) is 19.9 Å². The number of nitrogens with zero attached hydrogens (tertiary/aromatic N) is 9. The van der Waals surface area contributed by atoms with Gasteiger partial charge in [-0.2, -0.15) is 24.9 Å². The zero-order valence-electron chi connectivity index (χ0n) is 66.0. The average Bonchev–Trinajstić information content (AvgIpc) is 1.75. The Kier molecular flexibility index (Phi) is 30.9. The predicted molar refractivity (Wildman–Crippen MR) is 400 cm³/mol. The molecule has 1 spiro atoms. The summed E-state index contributed by atoms with van der Waals surface area (Å²) in [5.74, 6) is -8.89. The van der Waals surface area contributed by atoms with Gasteiger partial charge in [-0.15, -0.1) is 0 Å². The van der Waals surface area contributed by atoms with Crippen molar-refractivity contribution < 1.29 is 75.4 Å². The fourth-order valence-corrected chi connectivity index (χ4v) is 19.7. The second kappa shape index (κ2) is 38.4. The molecule has 0 aromatic rings. The van der Waals surface area contributed by atoms with Crippen LogP contribution in [0.4, 0.5) is 13.2 Å². The molecule has 4 heterocycles. The van der Waals surface area contributed by atoms with E-state index in [4.69, 9.17) is 4.74 Å². The Morgan fingerprint density at radius 3 is 1.91 bits per heavy atom. The van der Waals surface area contributed by atoms with Crippen molar-refractivity contribution in [3.05, 3.63) is 12.2 Å². The lowest BCUT2D eigenvalue weighted by Crippen LogP contribution is -2.68. The minimum atomic E-state index is -4.43. The number of thioether (sulfide) groups is 1. The third-order valence-electron chi connectivity index (χ3n) is 25.5. The number of ether oxygens (including phenoxy) is 1. The molecule has 29 heteroatoms. The standard InChI is InChI=1S/C78H125F3N12O13S/c1-14-48(5)66-74(103)87(9)47-65(96)88(10)57-26-19-18-22-38-92(73(57)102)61(42-51-27-31-54(32-28-51)78(79,80)81)72(101)86(8)46-63(94)82-56(33-29-50-30-34-62-53(40-50)35-39-107-62)70(99)93-45-55(106-17-4)43-59(93)69(98)84-77(36-23-37-77)76(105)91(13)67(52(15-2)16-3)75(104)90(12)60(71(100)85(6)7)44-64(95)89(11)58(68(97)83-66)41-49-24-20-21-25-49/h18-19,48-62,66-67H,14-17,20-47H2,1-13H3,(H,82,94)(H,83,97)(H,84,98)/b19-18-/t48-,50?,51?,53?,54?,55+,56-,57-,58-,59-,60-,61-,62?,66-,67-/m0/s1. The van der Waals surface area contributed by atoms with Crippen molar-refractivity contribution in [3.8, 4) is 0 Å². The lowest BCUT2D eigenvalue weighted by Gasteiger charge is -2.47. The first-order valence-corrected chi connectivity index (χ1v) is 41.0. The van der Waals surface area contributed by atoms with Crippen molar-refractivity contribution in [2.24, 2.45) is 41.4 Å². The van der Waals surface area contributed by atoms with E-state index in [0.29, 0.717) is 43.3 Å². The molecule has 4 saturated carbocycles. The number of hydrogen-bond acceptors (Lipinski definition) is 14. The maximum absolute atomic E-state index is 15.7. The summed E-state index contributed by atoms with van der Waals surface area (Å²) in [5.41, 5.74) is -1.55. The van der Waals surface area contributed by atoms with Gasteiger partial charge in [-0.1, -0.05) is 84.8 Å². The third kappa shape index (κ3) is 20.9. The normalized spacial score (nSPS) is 31.8. The van der Waals surface area contributed by atoms with Crippen molar-refractivity contribution in [3.63, 3.8) is 0 Å². The van der Waals surface area contributed by atoms with E-state index in [0.717, 1.165) is 62.0 Å². The Hall–Kier alpha value is -6.52. The lowest BCUT2D eigenvalue weighted by molar-refractivity contribution is -0.184. The van der Waals surface area contributed by atoms with E-state index in [1.807, 2.05) is 38.6 Å². The van der Waals surface area contributed by atoms with Gasteiger partial charge >= 0.3 is 6.18 Å². The number of amides is 12. The van der Waals surface area contributed by atoms with Crippen LogP contribution in [0.2, 0.25) is 0 Å². The number of likely N-dealkylation sites (N-methyl/N-ethyl adjacent to an activating group) is 7. The molecule has 12 amide bonds. The molecule has 8 aliphatic rings. The topological polar surface area (TPSA) is 279 Å². The van der Waals surface area contributed by atoms with Crippen molar-refractivity contribution in [1.82, 2.24) is 60.0 Å². The van der Waals surface area contributed by atoms with Crippen molar-refractivity contribution in [1.29, 1.82) is 0 Å². The quantitative estimate of drug-likeness (QED) is 0.143. The van der Waals surface area contributed by atoms with Crippen LogP contribution in [0.15, 0.2) is 12.2 Å². The first-order valence-electron chi connectivity index (χ1n) is 39.9. The highest BCUT2D eigenvalue weighted by Crippen LogP contribution is 2.46. The van der Waals surface area contributed by atoms with E-state index in [1.165, 1.54) is 95.6 Å². The largest absolute Gasteiger partial charge is 0.391 e. The van der Waals surface area contributed by atoms with Crippen LogP contribution in [-0.4, -0.2) is 281 Å². The lowest BCUT2D eigenvalue weighted by atomic mass is 9.74. The van der Waals surface area contributed by atoms with Gasteiger partial charge in [0.15, 0.2) is 0 Å². The molecule has 0 aromatic heterocycles. The number of carbonyl (C=O) groups is 12. The molecule has 0 radical (unpaired) electrons. The molecule has 0 aromatic carbocycles. The molecule has 7 fully saturated rings. The molecule has 13 atom stereocenters. The van der Waals surface area contributed by atoms with Gasteiger partial charge in [0.25, 0.3) is 0 Å². The van der Waals surface area contributed by atoms with Gasteiger partial charge in [0.2, 0.25) is 70.9 Å². The highest BCUT2D eigenvalue weighted by Gasteiger charge is 2.54. The Morgan fingerprint density at radius 1 is 0.645 bits per heavy atom. The monoisotopic (exact) mass is 1530 g/mol. The SMILES string of the molecule is CCO[C@@H]1C[C@H]2C(=O)NC3(CCC3)C(=O)N(C)[C@@H](C(CC)CC)C(=O)N(C)[C@H](C(=O)N(C)C)CC(=O)N(C)[C@@H](CC3CCCC3)C(=O)N[C@@H]([C@@H](C)CC)C(=O)N(C)CC(=O)N(C)[C@H]3C/C=C\CCN(C3=O)[C@@H](CC3CCC(C(F)(F)F)CC3)C(=O)N(C)CC(=O)N[C@@H](CCC3CCC4SCCC4C3)C(=O)N2C1. The highest BCUT2D eigenvalue weighted by atomic mass is 32.2. The van der Waals surface area contributed by atoms with E-state index in [9.17, 15) is 32.3 Å². The van der Waals surface area contributed by atoms with Gasteiger partial charge in [0.1, 0.15) is 53.9 Å². The van der Waals surface area contributed by atoms with Crippen LogP contribution in [0.5, 0.6) is 0 Å². The number of fused-ring (bicyclic) bond motifs is 4. The Balaban J connectivity index is 1.20. The predicted octanol–water partition coefficient (Wildman–Crippen LogP) is 6.79. The van der Waals surface area contributed by atoms with Crippen LogP contribution >= 0.6 is 11.8 Å². The summed E-state index contributed by atoms with van der Waals surface area (Å²) in [5, 5.41) is 9.60. The summed E-state index contributed by atoms with van der Waals surface area (Å²) in [7, 11) is 11.6. The Labute approximate surface area is 636 Å². The second-order valence-electron chi connectivity index (χ2n) is 32.6. The maximum Gasteiger partial charge on any atom is 0.391 e. The average molecular weight is 1530 g/mol. The maximum atomic E-state index is 15.7. The molecule has 25 nitrogen and oxygen atoms in total. The molecule has 4 aliphatic carbocycles. The fourth-order valence-electron chi connectivity index (χ4n) is 18.2. The minimum absolute atomic E-state index is 0.0104. The van der Waals surface area contributed by atoms with Gasteiger partial charge in [0.05, 0.1) is 31.5 Å². The smallest absolute Gasteiger partial charge is 0.377 e. The highest BCUT2D eigenvalue weighted by molar-refractivity contribution is 8.00. The number of halogens is 3. The summed E-state index contributed by atoms with van der Waals surface area (Å²) < 4.78 is 48.7. The molecule has 8 rings (SSSR count). The molecule has 602 valence electrons. The second-order valence-corrected chi connectivity index (χ2v) is 34.0. The molecule has 3 unspecified atom stereocenters. The third-order valence-corrected chi connectivity index (χ3v) is 27.0. The summed E-state index contributed by atoms with van der Waals surface area (Å²) in [6.45, 7) is 8.14. The van der Waals surface area contributed by atoms with Crippen LogP contribution in [0.1, 0.15) is 202 Å². The summed E-state index contributed by atoms with van der Waals surface area (Å²) in [6.07, 6.45) is 8.35. The number of rotatable bonds is 15. The summed E-state index contributed by atoms with van der Waals surface area (Å²) >= 11 is 1.99. The minimum Gasteiger partial charge on any atom is -0.377 e. The molecule has 3 N–H and O–H groups in total. The van der Waals surface area contributed by atoms with Crippen LogP contribution in [-0.2, 0) is 62.3 Å². The van der Waals surface area contributed by atoms with Crippen LogP contribution in [0.3, 0.4) is 0 Å². The Morgan fingerprint density at radius 2 is 1.29 bits per heavy atom. The zero-order chi connectivity index (χ0) is 78.5. The molecule has 4 aliphatic heterocycles. The summed E-state index contributed by atoms with van der Waals surface area (Å²) in [6, 6.07) is -10.1. The molecular weight excluding hydrogens is 1400 g/mol. The first kappa shape index (κ1) is 86.1. The van der Waals surface area contributed by atoms with Crippen LogP contribution in [0.25, 0.3) is 0 Å². The fraction of sp³-hybridized carbons (Fsp3) is 0.821. The van der Waals surface area contributed by atoms with Gasteiger partial charge in [-0.25, -0.2) is 0 Å². The number of carbonyl (C=O) groups excluding carboxylic acids is 12. The molecule has 3 saturated heterocycles. The molecular formula is C78H125F3N12O13S. The van der Waals surface area contributed by atoms with Crippen molar-refractivity contribution in [2.45, 2.75) is 273 Å². The van der Waals surface area contributed by atoms with Crippen LogP contribution < -0.4 is 16.0 Å². The summed E-state index contributed by atoms with van der Waals surface area (Å²) in [4.78, 5) is 194. The van der Waals surface area contributed by atoms with Crippen molar-refractivity contribution in [2.75, 3.05) is 94.9 Å². The van der Waals surface area contributed by atoms with E-state index < -0.39 is 180 Å². The van der Waals surface area contributed by atoms with E-state index in [-0.39, 0.29) is 109 Å². The molecule has 107 heavy (non-hydrogen) atoms. The van der Waals surface area contributed by atoms with Gasteiger partial charge in [0, 0.05) is 87.7 Å². The van der Waals surface area contributed by atoms with E-state index >= 15 is 38.4 Å². The Bertz CT molecular complexity index is 3180. The number of alkyl halides is 3. The van der Waals surface area contributed by atoms with E-state index in [2.05, 4.69) is 16.0 Å². The number of hydrogen-bond donors (Lipinski definition) is 3. The zero-order valence-corrected chi connectivity index (χ0v) is 66.8. The van der Waals surface area contributed by atoms with Gasteiger partial charge in [-0.05, 0) is 157 Å². The molecule has 2 bridgehead atoms. The van der Waals surface area contributed by atoms with Gasteiger partial charge < -0.3 is 64.8 Å². The van der Waals surface area contributed by atoms with Crippen molar-refractivity contribution >= 4 is 82.6 Å². The van der Waals surface area contributed by atoms with Gasteiger partial charge in [-0.3, -0.25) is 57.5 Å².